The van der Waals surface area contributed by atoms with Gasteiger partial charge in [-0.15, -0.1) is 12.4 Å². The predicted octanol–water partition coefficient (Wildman–Crippen LogP) is 2.77. The molecule has 2 saturated heterocycles. The van der Waals surface area contributed by atoms with E-state index in [0.29, 0.717) is 5.41 Å². The van der Waals surface area contributed by atoms with Crippen molar-refractivity contribution >= 4 is 24.2 Å². The van der Waals surface area contributed by atoms with Crippen molar-refractivity contribution in [3.8, 4) is 0 Å². The lowest BCUT2D eigenvalue weighted by Crippen LogP contribution is -2.52. The molecule has 4 heteroatoms. The first-order chi connectivity index (χ1) is 8.27. The number of rotatable bonds is 2. The summed E-state index contributed by atoms with van der Waals surface area (Å²) in [4.78, 5) is 2.84. The van der Waals surface area contributed by atoms with Crippen LogP contribution in [0.5, 0.6) is 0 Å². The van der Waals surface area contributed by atoms with Crippen LogP contribution in [0.15, 0.2) is 0 Å². The van der Waals surface area contributed by atoms with Crippen molar-refractivity contribution in [2.24, 2.45) is 5.41 Å². The van der Waals surface area contributed by atoms with E-state index in [1.165, 1.54) is 64.0 Å². The highest BCUT2D eigenvalue weighted by atomic mass is 35.5. The minimum Gasteiger partial charge on any atom is -0.316 e. The molecule has 3 unspecified atom stereocenters. The average molecular weight is 291 g/mol. The first-order valence-electron chi connectivity index (χ1n) is 7.33. The van der Waals surface area contributed by atoms with Gasteiger partial charge in [0.1, 0.15) is 0 Å². The van der Waals surface area contributed by atoms with E-state index in [9.17, 15) is 0 Å². The van der Waals surface area contributed by atoms with E-state index in [4.69, 9.17) is 0 Å². The van der Waals surface area contributed by atoms with E-state index in [1.54, 1.807) is 0 Å². The Morgan fingerprint density at radius 1 is 1.33 bits per heavy atom. The molecule has 0 bridgehead atoms. The monoisotopic (exact) mass is 290 g/mol. The summed E-state index contributed by atoms with van der Waals surface area (Å²) in [5, 5.41) is 4.50. The number of thioether (sulfide) groups is 1. The topological polar surface area (TPSA) is 15.3 Å². The van der Waals surface area contributed by atoms with Gasteiger partial charge in [0.25, 0.3) is 0 Å². The van der Waals surface area contributed by atoms with E-state index in [0.717, 1.165) is 11.3 Å². The molecule has 3 aliphatic rings. The summed E-state index contributed by atoms with van der Waals surface area (Å²) in [5.74, 6) is 1.37. The van der Waals surface area contributed by atoms with Gasteiger partial charge >= 0.3 is 0 Å². The van der Waals surface area contributed by atoms with E-state index < -0.39 is 0 Å². The lowest BCUT2D eigenvalue weighted by Gasteiger charge is -2.46. The van der Waals surface area contributed by atoms with Crippen LogP contribution in [0.25, 0.3) is 0 Å². The quantitative estimate of drug-likeness (QED) is 0.842. The van der Waals surface area contributed by atoms with Gasteiger partial charge in [-0.1, -0.05) is 19.8 Å². The third-order valence-electron chi connectivity index (χ3n) is 4.89. The second-order valence-electron chi connectivity index (χ2n) is 6.47. The van der Waals surface area contributed by atoms with Gasteiger partial charge in [0, 0.05) is 36.7 Å². The molecule has 2 heterocycles. The molecule has 1 saturated carbocycles. The minimum absolute atomic E-state index is 0. The summed E-state index contributed by atoms with van der Waals surface area (Å²) < 4.78 is 0. The standard InChI is InChI=1S/C14H26N2S.ClH/c1-14(6-7-15-10-14)11-16-8-9-17-13-5-3-2-4-12(13)16;/h12-13,15H,2-11H2,1H3;1H. The normalized spacial score (nSPS) is 41.2. The molecule has 0 aromatic heterocycles. The van der Waals surface area contributed by atoms with Crippen molar-refractivity contribution in [1.82, 2.24) is 10.2 Å². The van der Waals surface area contributed by atoms with Gasteiger partial charge in [-0.25, -0.2) is 0 Å². The Hall–Kier alpha value is 0.560. The Morgan fingerprint density at radius 3 is 2.94 bits per heavy atom. The lowest BCUT2D eigenvalue weighted by molar-refractivity contribution is 0.109. The van der Waals surface area contributed by atoms with Crippen LogP contribution in [-0.2, 0) is 0 Å². The molecule has 3 rings (SSSR count). The molecule has 2 aliphatic heterocycles. The first kappa shape index (κ1) is 15.0. The fourth-order valence-electron chi connectivity index (χ4n) is 3.87. The Morgan fingerprint density at radius 2 is 2.17 bits per heavy atom. The van der Waals surface area contributed by atoms with Crippen LogP contribution in [0.1, 0.15) is 39.0 Å². The summed E-state index contributed by atoms with van der Waals surface area (Å²) in [6.07, 6.45) is 7.24. The Kier molecular flexibility index (Phi) is 5.27. The lowest BCUT2D eigenvalue weighted by atomic mass is 9.86. The molecule has 1 aliphatic carbocycles. The first-order valence-corrected chi connectivity index (χ1v) is 8.38. The molecule has 0 radical (unpaired) electrons. The van der Waals surface area contributed by atoms with Crippen molar-refractivity contribution in [1.29, 1.82) is 0 Å². The molecule has 2 nitrogen and oxygen atoms in total. The van der Waals surface area contributed by atoms with Gasteiger partial charge in [0.2, 0.25) is 0 Å². The van der Waals surface area contributed by atoms with Crippen LogP contribution < -0.4 is 5.32 Å². The van der Waals surface area contributed by atoms with Crippen molar-refractivity contribution in [2.75, 3.05) is 31.9 Å². The molecule has 106 valence electrons. The van der Waals surface area contributed by atoms with Crippen LogP contribution >= 0.6 is 24.2 Å². The molecule has 0 spiro atoms. The highest BCUT2D eigenvalue weighted by Gasteiger charge is 2.38. The van der Waals surface area contributed by atoms with Crippen molar-refractivity contribution < 1.29 is 0 Å². The molecular weight excluding hydrogens is 264 g/mol. The van der Waals surface area contributed by atoms with Gasteiger partial charge < -0.3 is 5.32 Å². The molecule has 0 amide bonds. The van der Waals surface area contributed by atoms with Gasteiger partial charge in [0.05, 0.1) is 0 Å². The molecule has 3 atom stereocenters. The smallest absolute Gasteiger partial charge is 0.0215 e. The van der Waals surface area contributed by atoms with E-state index in [-0.39, 0.29) is 12.4 Å². The van der Waals surface area contributed by atoms with Crippen molar-refractivity contribution in [2.45, 2.75) is 50.3 Å². The predicted molar refractivity (Wildman–Crippen MR) is 82.9 cm³/mol. The van der Waals surface area contributed by atoms with Crippen LogP contribution in [0.4, 0.5) is 0 Å². The minimum atomic E-state index is 0. The largest absolute Gasteiger partial charge is 0.316 e. The number of nitrogens with zero attached hydrogens (tertiary/aromatic N) is 1. The van der Waals surface area contributed by atoms with E-state index >= 15 is 0 Å². The Labute approximate surface area is 122 Å². The maximum atomic E-state index is 3.54. The Bertz CT molecular complexity index is 267. The molecule has 1 N–H and O–H groups in total. The van der Waals surface area contributed by atoms with Crippen LogP contribution in [0, 0.1) is 5.41 Å². The fraction of sp³-hybridized carbons (Fsp3) is 1.00. The average Bonchev–Trinajstić information content (AvgIpc) is 2.76. The molecule has 18 heavy (non-hydrogen) atoms. The summed E-state index contributed by atoms with van der Waals surface area (Å²) in [6, 6.07) is 0.903. The third-order valence-corrected chi connectivity index (χ3v) is 6.29. The van der Waals surface area contributed by atoms with Crippen LogP contribution in [0.2, 0.25) is 0 Å². The number of nitrogens with one attached hydrogen (secondary N) is 1. The van der Waals surface area contributed by atoms with Crippen molar-refractivity contribution in [3.63, 3.8) is 0 Å². The zero-order valence-electron chi connectivity index (χ0n) is 11.5. The van der Waals surface area contributed by atoms with Gasteiger partial charge in [-0.05, 0) is 31.2 Å². The second kappa shape index (κ2) is 6.34. The summed E-state index contributed by atoms with van der Waals surface area (Å²) >= 11 is 2.25. The highest BCUT2D eigenvalue weighted by Crippen LogP contribution is 2.37. The number of hydrogen-bond donors (Lipinski definition) is 1. The van der Waals surface area contributed by atoms with Gasteiger partial charge in [-0.3, -0.25) is 4.90 Å². The summed E-state index contributed by atoms with van der Waals surface area (Å²) in [5.41, 5.74) is 0.546. The fourth-order valence-corrected chi connectivity index (χ4v) is 5.37. The number of fused-ring (bicyclic) bond motifs is 1. The third kappa shape index (κ3) is 3.17. The zero-order chi connectivity index (χ0) is 11.7. The molecule has 0 aromatic rings. The number of halogens is 1. The van der Waals surface area contributed by atoms with Crippen LogP contribution in [-0.4, -0.2) is 48.1 Å². The zero-order valence-corrected chi connectivity index (χ0v) is 13.1. The van der Waals surface area contributed by atoms with Crippen molar-refractivity contribution in [3.05, 3.63) is 0 Å². The van der Waals surface area contributed by atoms with Gasteiger partial charge in [-0.2, -0.15) is 11.8 Å². The highest BCUT2D eigenvalue weighted by molar-refractivity contribution is 8.00. The maximum absolute atomic E-state index is 3.54. The summed E-state index contributed by atoms with van der Waals surface area (Å²) in [6.45, 7) is 7.61. The summed E-state index contributed by atoms with van der Waals surface area (Å²) in [7, 11) is 0. The van der Waals surface area contributed by atoms with E-state index in [1.807, 2.05) is 0 Å². The molecule has 3 fully saturated rings. The maximum Gasteiger partial charge on any atom is 0.0215 e. The van der Waals surface area contributed by atoms with Gasteiger partial charge in [0.15, 0.2) is 0 Å². The molecular formula is C14H27ClN2S. The van der Waals surface area contributed by atoms with E-state index in [2.05, 4.69) is 28.9 Å². The Balaban J connectivity index is 0.00000120. The second-order valence-corrected chi connectivity index (χ2v) is 7.82. The number of hydrogen-bond acceptors (Lipinski definition) is 3. The molecule has 0 aromatic carbocycles. The SMILES string of the molecule is CC1(CN2CCSC3CCCCC32)CCNC1.Cl. The van der Waals surface area contributed by atoms with Crippen LogP contribution in [0.3, 0.4) is 0 Å².